The van der Waals surface area contributed by atoms with Crippen LogP contribution in [0.4, 0.5) is 0 Å². The second-order valence-corrected chi connectivity index (χ2v) is 4.41. The molecule has 0 saturated carbocycles. The summed E-state index contributed by atoms with van der Waals surface area (Å²) >= 11 is 5.30. The number of rotatable bonds is 2. The van der Waals surface area contributed by atoms with Crippen molar-refractivity contribution in [3.05, 3.63) is 0 Å². The zero-order valence-electron chi connectivity index (χ0n) is 9.25. The van der Waals surface area contributed by atoms with Gasteiger partial charge < -0.3 is 15.0 Å². The van der Waals surface area contributed by atoms with Gasteiger partial charge in [0.25, 0.3) is 0 Å². The van der Waals surface area contributed by atoms with Crippen LogP contribution < -0.4 is 5.32 Å². The van der Waals surface area contributed by atoms with Crippen molar-refractivity contribution < 1.29 is 4.74 Å². The van der Waals surface area contributed by atoms with Crippen molar-refractivity contribution in [1.82, 2.24) is 10.2 Å². The molecule has 1 fully saturated rings. The zero-order valence-corrected chi connectivity index (χ0v) is 10.1. The molecular formula is C10H20N2OS. The lowest BCUT2D eigenvalue weighted by Crippen LogP contribution is -2.47. The molecule has 0 amide bonds. The molecule has 82 valence electrons. The summed E-state index contributed by atoms with van der Waals surface area (Å²) in [5.41, 5.74) is 0. The van der Waals surface area contributed by atoms with Crippen molar-refractivity contribution in [1.29, 1.82) is 0 Å². The van der Waals surface area contributed by atoms with E-state index in [1.807, 2.05) is 0 Å². The number of likely N-dealkylation sites (tertiary alicyclic amines) is 1. The monoisotopic (exact) mass is 216 g/mol. The minimum Gasteiger partial charge on any atom is -0.381 e. The highest BCUT2D eigenvalue weighted by molar-refractivity contribution is 7.80. The second kappa shape index (κ2) is 5.51. The number of hydrogen-bond donors (Lipinski definition) is 1. The molecule has 14 heavy (non-hydrogen) atoms. The summed E-state index contributed by atoms with van der Waals surface area (Å²) in [6.07, 6.45) is 2.58. The molecule has 0 spiro atoms. The maximum atomic E-state index is 5.31. The molecule has 1 heterocycles. The van der Waals surface area contributed by atoms with Crippen LogP contribution in [0.5, 0.6) is 0 Å². The van der Waals surface area contributed by atoms with E-state index in [1.54, 1.807) is 7.11 Å². The molecule has 1 saturated heterocycles. The van der Waals surface area contributed by atoms with Gasteiger partial charge in [0, 0.05) is 26.2 Å². The van der Waals surface area contributed by atoms with E-state index in [0.29, 0.717) is 12.1 Å². The number of hydrogen-bond acceptors (Lipinski definition) is 2. The minimum absolute atomic E-state index is 0.419. The predicted octanol–water partition coefficient (Wildman–Crippen LogP) is 1.38. The Labute approximate surface area is 91.8 Å². The third-order valence-electron chi connectivity index (χ3n) is 2.47. The molecule has 4 heteroatoms. The van der Waals surface area contributed by atoms with E-state index in [2.05, 4.69) is 24.1 Å². The average molecular weight is 216 g/mol. The highest BCUT2D eigenvalue weighted by atomic mass is 32.1. The lowest BCUT2D eigenvalue weighted by atomic mass is 10.1. The molecule has 1 aliphatic heterocycles. The van der Waals surface area contributed by atoms with Crippen LogP contribution in [0.2, 0.25) is 0 Å². The first kappa shape index (κ1) is 11.7. The molecule has 0 radical (unpaired) electrons. The first-order valence-electron chi connectivity index (χ1n) is 5.21. The molecule has 1 aliphatic rings. The summed E-state index contributed by atoms with van der Waals surface area (Å²) in [4.78, 5) is 2.23. The van der Waals surface area contributed by atoms with Gasteiger partial charge >= 0.3 is 0 Å². The maximum Gasteiger partial charge on any atom is 0.169 e. The Bertz CT molecular complexity index is 189. The molecule has 1 rings (SSSR count). The zero-order chi connectivity index (χ0) is 10.6. The fourth-order valence-corrected chi connectivity index (χ4v) is 2.05. The SMILES string of the molecule is COC1CCN(C(=S)NC(C)C)CC1. The minimum atomic E-state index is 0.419. The van der Waals surface area contributed by atoms with Crippen molar-refractivity contribution in [3.63, 3.8) is 0 Å². The molecule has 0 aromatic carbocycles. The van der Waals surface area contributed by atoms with E-state index >= 15 is 0 Å². The number of thiocarbonyl (C=S) groups is 1. The van der Waals surface area contributed by atoms with Gasteiger partial charge in [-0.15, -0.1) is 0 Å². The summed E-state index contributed by atoms with van der Waals surface area (Å²) in [5, 5.41) is 4.15. The number of methoxy groups -OCH3 is 1. The van der Waals surface area contributed by atoms with E-state index in [-0.39, 0.29) is 0 Å². The van der Waals surface area contributed by atoms with Crippen LogP contribution >= 0.6 is 12.2 Å². The highest BCUT2D eigenvalue weighted by Gasteiger charge is 2.20. The van der Waals surface area contributed by atoms with Gasteiger partial charge in [-0.2, -0.15) is 0 Å². The Morgan fingerprint density at radius 1 is 1.43 bits per heavy atom. The van der Waals surface area contributed by atoms with Crippen LogP contribution in [0, 0.1) is 0 Å². The van der Waals surface area contributed by atoms with Crippen molar-refractivity contribution in [3.8, 4) is 0 Å². The lowest BCUT2D eigenvalue weighted by molar-refractivity contribution is 0.0576. The molecular weight excluding hydrogens is 196 g/mol. The van der Waals surface area contributed by atoms with Crippen LogP contribution in [0.15, 0.2) is 0 Å². The smallest absolute Gasteiger partial charge is 0.169 e. The lowest BCUT2D eigenvalue weighted by Gasteiger charge is -2.33. The van der Waals surface area contributed by atoms with Crippen LogP contribution in [0.1, 0.15) is 26.7 Å². The summed E-state index contributed by atoms with van der Waals surface area (Å²) in [6, 6.07) is 0.419. The predicted molar refractivity (Wildman–Crippen MR) is 62.5 cm³/mol. The van der Waals surface area contributed by atoms with Crippen molar-refractivity contribution >= 4 is 17.3 Å². The largest absolute Gasteiger partial charge is 0.381 e. The average Bonchev–Trinajstić information content (AvgIpc) is 2.17. The van der Waals surface area contributed by atoms with Crippen LogP contribution in [-0.2, 0) is 4.74 Å². The van der Waals surface area contributed by atoms with Gasteiger partial charge in [0.1, 0.15) is 0 Å². The Kier molecular flexibility index (Phi) is 4.62. The molecule has 3 nitrogen and oxygen atoms in total. The summed E-state index contributed by atoms with van der Waals surface area (Å²) in [5.74, 6) is 0. The third-order valence-corrected chi connectivity index (χ3v) is 2.85. The van der Waals surface area contributed by atoms with Gasteiger partial charge in [-0.05, 0) is 38.9 Å². The molecule has 0 aliphatic carbocycles. The molecule has 0 aromatic heterocycles. The fraction of sp³-hybridized carbons (Fsp3) is 0.900. The van der Waals surface area contributed by atoms with Crippen molar-refractivity contribution in [2.45, 2.75) is 38.8 Å². The quantitative estimate of drug-likeness (QED) is 0.705. The first-order valence-corrected chi connectivity index (χ1v) is 5.62. The Morgan fingerprint density at radius 2 is 2.00 bits per heavy atom. The molecule has 0 bridgehead atoms. The second-order valence-electron chi connectivity index (χ2n) is 4.03. The van der Waals surface area contributed by atoms with E-state index in [0.717, 1.165) is 31.0 Å². The Hall–Kier alpha value is -0.350. The maximum absolute atomic E-state index is 5.31. The summed E-state index contributed by atoms with van der Waals surface area (Å²) in [6.45, 7) is 6.23. The molecule has 1 N–H and O–H groups in total. The van der Waals surface area contributed by atoms with E-state index in [4.69, 9.17) is 17.0 Å². The normalized spacial score (nSPS) is 18.7. The van der Waals surface area contributed by atoms with Gasteiger partial charge in [-0.1, -0.05) is 0 Å². The van der Waals surface area contributed by atoms with Gasteiger partial charge in [-0.3, -0.25) is 0 Å². The van der Waals surface area contributed by atoms with E-state index < -0.39 is 0 Å². The number of nitrogens with zero attached hydrogens (tertiary/aromatic N) is 1. The number of piperidine rings is 1. The molecule has 0 unspecified atom stereocenters. The molecule has 0 atom stereocenters. The van der Waals surface area contributed by atoms with Gasteiger partial charge in [0.05, 0.1) is 6.10 Å². The Balaban J connectivity index is 2.30. The third kappa shape index (κ3) is 3.42. The summed E-state index contributed by atoms with van der Waals surface area (Å²) in [7, 11) is 1.78. The van der Waals surface area contributed by atoms with Crippen LogP contribution in [0.3, 0.4) is 0 Å². The topological polar surface area (TPSA) is 24.5 Å². The van der Waals surface area contributed by atoms with Gasteiger partial charge in [-0.25, -0.2) is 0 Å². The van der Waals surface area contributed by atoms with E-state index in [1.165, 1.54) is 0 Å². The van der Waals surface area contributed by atoms with Crippen LogP contribution in [-0.4, -0.2) is 42.4 Å². The standard InChI is InChI=1S/C10H20N2OS/c1-8(2)11-10(14)12-6-4-9(13-3)5-7-12/h8-9H,4-7H2,1-3H3,(H,11,14). The van der Waals surface area contributed by atoms with Crippen molar-refractivity contribution in [2.75, 3.05) is 20.2 Å². The van der Waals surface area contributed by atoms with Gasteiger partial charge in [0.15, 0.2) is 5.11 Å². The molecule has 0 aromatic rings. The number of nitrogens with one attached hydrogen (secondary N) is 1. The first-order chi connectivity index (χ1) is 6.63. The van der Waals surface area contributed by atoms with Crippen LogP contribution in [0.25, 0.3) is 0 Å². The fourth-order valence-electron chi connectivity index (χ4n) is 1.63. The summed E-state index contributed by atoms with van der Waals surface area (Å²) < 4.78 is 5.31. The highest BCUT2D eigenvalue weighted by Crippen LogP contribution is 2.12. The van der Waals surface area contributed by atoms with Gasteiger partial charge in [0.2, 0.25) is 0 Å². The van der Waals surface area contributed by atoms with E-state index in [9.17, 15) is 0 Å². The Morgan fingerprint density at radius 3 is 2.43 bits per heavy atom. The van der Waals surface area contributed by atoms with Crippen molar-refractivity contribution in [2.24, 2.45) is 0 Å². The number of ether oxygens (including phenoxy) is 1.